The number of rotatable bonds is 1. The third-order valence-electron chi connectivity index (χ3n) is 0.175. The van der Waals surface area contributed by atoms with Crippen molar-refractivity contribution in [3.05, 3.63) is 12.7 Å². The maximum absolute atomic E-state index is 9.25. The molecule has 0 bridgehead atoms. The number of carboxylic acids is 1. The molecule has 0 saturated carbocycles. The molecular formula is C3H11BrN2O2. The van der Waals surface area contributed by atoms with E-state index in [1.165, 1.54) is 0 Å². The summed E-state index contributed by atoms with van der Waals surface area (Å²) < 4.78 is 0. The zero-order chi connectivity index (χ0) is 4.28. The number of hydrogen-bond acceptors (Lipinski definition) is 3. The highest BCUT2D eigenvalue weighted by Crippen LogP contribution is 1.54. The number of halogens is 1. The Morgan fingerprint density at radius 2 is 1.62 bits per heavy atom. The fourth-order valence-electron chi connectivity index (χ4n) is 0. The van der Waals surface area contributed by atoms with Gasteiger partial charge in [-0.25, -0.2) is 4.79 Å². The predicted molar refractivity (Wildman–Crippen MR) is 38.2 cm³/mol. The van der Waals surface area contributed by atoms with Gasteiger partial charge in [-0.15, -0.1) is 17.0 Å². The van der Waals surface area contributed by atoms with E-state index in [2.05, 4.69) is 6.58 Å². The lowest BCUT2D eigenvalue weighted by atomic mass is 10.7. The van der Waals surface area contributed by atoms with Crippen molar-refractivity contribution in [2.75, 3.05) is 0 Å². The van der Waals surface area contributed by atoms with Crippen LogP contribution in [-0.2, 0) is 4.79 Å². The van der Waals surface area contributed by atoms with Crippen molar-refractivity contribution in [3.63, 3.8) is 0 Å². The molecule has 0 aromatic heterocycles. The molecule has 4 nitrogen and oxygen atoms in total. The van der Waals surface area contributed by atoms with Crippen LogP contribution in [0.1, 0.15) is 0 Å². The van der Waals surface area contributed by atoms with Crippen molar-refractivity contribution in [3.8, 4) is 0 Å². The molecule has 0 aliphatic carbocycles. The second-order valence-corrected chi connectivity index (χ2v) is 0.542. The smallest absolute Gasteiger partial charge is 0.327 e. The lowest BCUT2D eigenvalue weighted by Gasteiger charge is -1.64. The summed E-state index contributed by atoms with van der Waals surface area (Å²) in [5.74, 6) is -0.981. The molecule has 0 rings (SSSR count). The van der Waals surface area contributed by atoms with E-state index in [9.17, 15) is 4.79 Å². The van der Waals surface area contributed by atoms with Crippen molar-refractivity contribution in [1.29, 1.82) is 0 Å². The van der Waals surface area contributed by atoms with Gasteiger partial charge in [0.2, 0.25) is 0 Å². The quantitative estimate of drug-likeness (QED) is 0.535. The normalized spacial score (nSPS) is 4.00. The van der Waals surface area contributed by atoms with Gasteiger partial charge in [-0.3, -0.25) is 0 Å². The largest absolute Gasteiger partial charge is 0.478 e. The minimum absolute atomic E-state index is 0. The van der Waals surface area contributed by atoms with E-state index >= 15 is 0 Å². The van der Waals surface area contributed by atoms with Gasteiger partial charge in [-0.05, 0) is 0 Å². The molecule has 0 radical (unpaired) electrons. The van der Waals surface area contributed by atoms with E-state index in [0.29, 0.717) is 0 Å². The summed E-state index contributed by atoms with van der Waals surface area (Å²) in [5, 5.41) is 7.60. The minimum Gasteiger partial charge on any atom is -0.478 e. The van der Waals surface area contributed by atoms with Gasteiger partial charge in [-0.2, -0.15) is 0 Å². The standard InChI is InChI=1S/C3H4O2.BrH.2H3N/c1-2-3(4)5;;;/h2H,1H2,(H,4,5);1H;2*1H3. The van der Waals surface area contributed by atoms with Crippen molar-refractivity contribution < 1.29 is 9.90 Å². The third-order valence-corrected chi connectivity index (χ3v) is 0.175. The lowest BCUT2D eigenvalue weighted by Crippen LogP contribution is -1.82. The Balaban J connectivity index is -0.0000000267. The Kier molecular flexibility index (Phi) is 50.9. The molecule has 8 heavy (non-hydrogen) atoms. The molecule has 0 heterocycles. The molecule has 0 atom stereocenters. The van der Waals surface area contributed by atoms with Crippen molar-refractivity contribution in [2.45, 2.75) is 0 Å². The molecule has 0 aliphatic rings. The van der Waals surface area contributed by atoms with Crippen LogP contribution in [0.4, 0.5) is 0 Å². The highest BCUT2D eigenvalue weighted by Gasteiger charge is 1.73. The van der Waals surface area contributed by atoms with E-state index in [1.54, 1.807) is 0 Å². The molecular weight excluding hydrogens is 176 g/mol. The van der Waals surface area contributed by atoms with Gasteiger partial charge in [-0.1, -0.05) is 6.58 Å². The second-order valence-electron chi connectivity index (χ2n) is 0.542. The first kappa shape index (κ1) is 25.5. The first-order chi connectivity index (χ1) is 2.27. The van der Waals surface area contributed by atoms with Crippen molar-refractivity contribution in [1.82, 2.24) is 12.3 Å². The molecule has 0 aromatic carbocycles. The Labute approximate surface area is 58.5 Å². The Hall–Kier alpha value is -0.390. The second kappa shape index (κ2) is 16.0. The summed E-state index contributed by atoms with van der Waals surface area (Å²) in [6.45, 7) is 2.96. The minimum atomic E-state index is -0.981. The SMILES string of the molecule is Br.C=CC(=O)O.N.N. The van der Waals surface area contributed by atoms with Crippen molar-refractivity contribution in [2.24, 2.45) is 0 Å². The third kappa shape index (κ3) is 46.0. The molecule has 5 heteroatoms. The van der Waals surface area contributed by atoms with Gasteiger partial charge in [0.05, 0.1) is 0 Å². The van der Waals surface area contributed by atoms with Crippen LogP contribution in [0, 0.1) is 0 Å². The zero-order valence-electron chi connectivity index (χ0n) is 4.46. The molecule has 0 saturated heterocycles. The topological polar surface area (TPSA) is 107 Å². The molecule has 0 fully saturated rings. The number of carboxylic acid groups (broad SMARTS) is 1. The average molecular weight is 187 g/mol. The van der Waals surface area contributed by atoms with Crippen LogP contribution >= 0.6 is 17.0 Å². The number of aliphatic carboxylic acids is 1. The molecule has 0 aromatic rings. The van der Waals surface area contributed by atoms with E-state index in [0.717, 1.165) is 6.08 Å². The van der Waals surface area contributed by atoms with Gasteiger partial charge in [0.25, 0.3) is 0 Å². The van der Waals surface area contributed by atoms with Gasteiger partial charge < -0.3 is 17.4 Å². The van der Waals surface area contributed by atoms with Gasteiger partial charge in [0, 0.05) is 6.08 Å². The maximum Gasteiger partial charge on any atom is 0.327 e. The maximum atomic E-state index is 9.25. The monoisotopic (exact) mass is 186 g/mol. The van der Waals surface area contributed by atoms with Crippen LogP contribution in [0.5, 0.6) is 0 Å². The first-order valence-electron chi connectivity index (χ1n) is 1.12. The Morgan fingerprint density at radius 3 is 1.62 bits per heavy atom. The van der Waals surface area contributed by atoms with Crippen molar-refractivity contribution >= 4 is 23.0 Å². The average Bonchev–Trinajstić information content (AvgIpc) is 1.38. The highest BCUT2D eigenvalue weighted by molar-refractivity contribution is 8.93. The molecule has 52 valence electrons. The summed E-state index contributed by atoms with van der Waals surface area (Å²) in [4.78, 5) is 9.25. The molecule has 0 spiro atoms. The highest BCUT2D eigenvalue weighted by atomic mass is 79.9. The van der Waals surface area contributed by atoms with E-state index in [1.807, 2.05) is 0 Å². The Morgan fingerprint density at radius 1 is 1.50 bits per heavy atom. The van der Waals surface area contributed by atoms with Gasteiger partial charge >= 0.3 is 5.97 Å². The van der Waals surface area contributed by atoms with E-state index < -0.39 is 5.97 Å². The van der Waals surface area contributed by atoms with Crippen LogP contribution in [-0.4, -0.2) is 11.1 Å². The molecule has 0 unspecified atom stereocenters. The van der Waals surface area contributed by atoms with Crippen LogP contribution in [0.2, 0.25) is 0 Å². The van der Waals surface area contributed by atoms with Crippen LogP contribution < -0.4 is 12.3 Å². The van der Waals surface area contributed by atoms with Gasteiger partial charge in [0.1, 0.15) is 0 Å². The Bertz CT molecular complexity index is 66.3. The molecule has 0 aliphatic heterocycles. The van der Waals surface area contributed by atoms with Gasteiger partial charge in [0.15, 0.2) is 0 Å². The summed E-state index contributed by atoms with van der Waals surface area (Å²) in [6, 6.07) is 0. The molecule has 0 amide bonds. The van der Waals surface area contributed by atoms with E-state index in [4.69, 9.17) is 5.11 Å². The fraction of sp³-hybridized carbons (Fsp3) is 0. The summed E-state index contributed by atoms with van der Waals surface area (Å²) in [5.41, 5.74) is 0. The summed E-state index contributed by atoms with van der Waals surface area (Å²) >= 11 is 0. The van der Waals surface area contributed by atoms with Crippen LogP contribution in [0.3, 0.4) is 0 Å². The summed E-state index contributed by atoms with van der Waals surface area (Å²) in [6.07, 6.45) is 0.833. The number of carbonyl (C=O) groups is 1. The zero-order valence-corrected chi connectivity index (χ0v) is 6.18. The lowest BCUT2D eigenvalue weighted by molar-refractivity contribution is -0.131. The van der Waals surface area contributed by atoms with Crippen LogP contribution in [0.15, 0.2) is 12.7 Å². The van der Waals surface area contributed by atoms with Crippen LogP contribution in [0.25, 0.3) is 0 Å². The first-order valence-corrected chi connectivity index (χ1v) is 1.12. The molecule has 7 N–H and O–H groups in total. The van der Waals surface area contributed by atoms with E-state index in [-0.39, 0.29) is 29.3 Å². The summed E-state index contributed by atoms with van der Waals surface area (Å²) in [7, 11) is 0. The predicted octanol–water partition coefficient (Wildman–Crippen LogP) is 1.16. The number of hydrogen-bond donors (Lipinski definition) is 3. The fourth-order valence-corrected chi connectivity index (χ4v) is 0.